The Kier molecular flexibility index (Phi) is 6.37. The minimum absolute atomic E-state index is 0. The quantitative estimate of drug-likeness (QED) is 0.355. The van der Waals surface area contributed by atoms with E-state index in [1.807, 2.05) is 0 Å². The first-order valence-corrected chi connectivity index (χ1v) is 3.44. The van der Waals surface area contributed by atoms with Gasteiger partial charge in [0, 0.05) is 11.1 Å². The minimum Gasteiger partial charge on any atom is -0.768 e. The van der Waals surface area contributed by atoms with Crippen molar-refractivity contribution in [2.75, 3.05) is 0 Å². The molecule has 1 unspecified atom stereocenters. The van der Waals surface area contributed by atoms with Gasteiger partial charge in [-0.1, -0.05) is 0 Å². The third-order valence-electron chi connectivity index (χ3n) is 0.931. The average Bonchev–Trinajstić information content (AvgIpc) is 1.84. The number of alkyl halides is 7. The summed E-state index contributed by atoms with van der Waals surface area (Å²) in [5, 5.41) is -6.16. The Bertz CT molecular complexity index is 225. The second-order valence-corrected chi connectivity index (χ2v) is 2.81. The Morgan fingerprint density at radius 1 is 0.929 bits per heavy atom. The SMILES string of the molecule is O=S([O-])C(F)(F)C(F)(F)C(F)(F)F.[K+]. The van der Waals surface area contributed by atoms with Crippen LogP contribution < -0.4 is 51.4 Å². The van der Waals surface area contributed by atoms with Gasteiger partial charge in [0.05, 0.1) is 0 Å². The molecule has 0 saturated heterocycles. The van der Waals surface area contributed by atoms with Crippen molar-refractivity contribution in [3.8, 4) is 0 Å². The number of hydrogen-bond acceptors (Lipinski definition) is 2. The molecule has 0 rings (SSSR count). The predicted octanol–water partition coefficient (Wildman–Crippen LogP) is -1.34. The summed E-state index contributed by atoms with van der Waals surface area (Å²) in [6.07, 6.45) is -6.61. The zero-order valence-electron chi connectivity index (χ0n) is 6.37. The van der Waals surface area contributed by atoms with Gasteiger partial charge >= 0.3 is 68.7 Å². The molecule has 0 aliphatic carbocycles. The molecular formula is C3F7KO2S. The fourth-order valence-electron chi connectivity index (χ4n) is 0.270. The number of hydrogen-bond donors (Lipinski definition) is 0. The van der Waals surface area contributed by atoms with Crippen LogP contribution >= 0.6 is 0 Å². The smallest absolute Gasteiger partial charge is 0.768 e. The Labute approximate surface area is 118 Å². The molecule has 80 valence electrons. The molecule has 0 saturated carbocycles. The van der Waals surface area contributed by atoms with E-state index in [1.54, 1.807) is 0 Å². The Balaban J connectivity index is 0. The molecule has 0 aromatic carbocycles. The van der Waals surface area contributed by atoms with Crippen LogP contribution in [-0.2, 0) is 11.1 Å². The van der Waals surface area contributed by atoms with Gasteiger partial charge in [0.15, 0.2) is 0 Å². The van der Waals surface area contributed by atoms with Crippen LogP contribution in [-0.4, -0.2) is 26.1 Å². The molecule has 0 aromatic heterocycles. The van der Waals surface area contributed by atoms with E-state index >= 15 is 0 Å². The summed E-state index contributed by atoms with van der Waals surface area (Å²) < 4.78 is 99.2. The Morgan fingerprint density at radius 3 is 1.29 bits per heavy atom. The summed E-state index contributed by atoms with van der Waals surface area (Å²) >= 11 is -4.85. The van der Waals surface area contributed by atoms with Crippen LogP contribution in [0.5, 0.6) is 0 Å². The van der Waals surface area contributed by atoms with Crippen molar-refractivity contribution in [1.82, 2.24) is 0 Å². The molecule has 0 aliphatic rings. The van der Waals surface area contributed by atoms with Gasteiger partial charge < -0.3 is 4.55 Å². The first kappa shape index (κ1) is 17.6. The molecule has 0 amide bonds. The fraction of sp³-hybridized carbons (Fsp3) is 1.00. The molecule has 0 spiro atoms. The van der Waals surface area contributed by atoms with Crippen molar-refractivity contribution >= 4 is 11.1 Å². The maximum atomic E-state index is 11.7. The molecular weight excluding hydrogens is 272 g/mol. The molecule has 0 N–H and O–H groups in total. The molecule has 0 aromatic rings. The summed E-state index contributed by atoms with van der Waals surface area (Å²) in [6.45, 7) is 0. The van der Waals surface area contributed by atoms with Gasteiger partial charge in [-0.25, -0.2) is 0 Å². The molecule has 0 aliphatic heterocycles. The third kappa shape index (κ3) is 3.12. The van der Waals surface area contributed by atoms with Crippen molar-refractivity contribution in [2.45, 2.75) is 17.4 Å². The molecule has 1 atom stereocenters. The van der Waals surface area contributed by atoms with Gasteiger partial charge in [-0.3, -0.25) is 4.21 Å². The third-order valence-corrected chi connectivity index (χ3v) is 1.61. The topological polar surface area (TPSA) is 40.1 Å². The van der Waals surface area contributed by atoms with E-state index in [0.717, 1.165) is 0 Å². The predicted molar refractivity (Wildman–Crippen MR) is 24.9 cm³/mol. The molecule has 14 heavy (non-hydrogen) atoms. The summed E-state index contributed by atoms with van der Waals surface area (Å²) in [4.78, 5) is 0. The van der Waals surface area contributed by atoms with Crippen molar-refractivity contribution < 1.29 is 90.9 Å². The molecule has 0 heterocycles. The van der Waals surface area contributed by atoms with E-state index in [-0.39, 0.29) is 51.4 Å². The van der Waals surface area contributed by atoms with Crippen LogP contribution in [0.25, 0.3) is 0 Å². The summed E-state index contributed by atoms with van der Waals surface area (Å²) in [7, 11) is 0. The van der Waals surface area contributed by atoms with Crippen molar-refractivity contribution in [1.29, 1.82) is 0 Å². The van der Waals surface area contributed by atoms with Gasteiger partial charge in [-0.15, -0.1) is 0 Å². The van der Waals surface area contributed by atoms with E-state index in [9.17, 15) is 39.5 Å². The molecule has 0 radical (unpaired) electrons. The molecule has 11 heteroatoms. The molecule has 0 bridgehead atoms. The molecule has 2 nitrogen and oxygen atoms in total. The zero-order valence-corrected chi connectivity index (χ0v) is 10.3. The second kappa shape index (κ2) is 5.06. The van der Waals surface area contributed by atoms with E-state index in [2.05, 4.69) is 0 Å². The van der Waals surface area contributed by atoms with Crippen molar-refractivity contribution in [2.24, 2.45) is 0 Å². The number of halogens is 7. The standard InChI is InChI=1S/C3HF7O2S.K/c4-1(5,2(6,7)8)3(9,10)13(11)12;/h(H,11,12);/q;+1/p-1. The van der Waals surface area contributed by atoms with E-state index < -0.39 is 28.4 Å². The van der Waals surface area contributed by atoms with E-state index in [1.165, 1.54) is 0 Å². The second-order valence-electron chi connectivity index (χ2n) is 1.82. The van der Waals surface area contributed by atoms with Gasteiger partial charge in [0.2, 0.25) is 0 Å². The monoisotopic (exact) mass is 272 g/mol. The Morgan fingerprint density at radius 2 is 1.21 bits per heavy atom. The van der Waals surface area contributed by atoms with Crippen LogP contribution in [0.3, 0.4) is 0 Å². The maximum absolute atomic E-state index is 11.7. The number of rotatable bonds is 2. The largest absolute Gasteiger partial charge is 1.00 e. The average molecular weight is 272 g/mol. The zero-order chi connectivity index (χ0) is 11.1. The Hall–Kier alpha value is 1.26. The maximum Gasteiger partial charge on any atom is 1.00 e. The van der Waals surface area contributed by atoms with Crippen molar-refractivity contribution in [3.05, 3.63) is 0 Å². The van der Waals surface area contributed by atoms with Gasteiger partial charge in [0.25, 0.3) is 0 Å². The van der Waals surface area contributed by atoms with Crippen LogP contribution in [0, 0.1) is 0 Å². The van der Waals surface area contributed by atoms with E-state index in [0.29, 0.717) is 0 Å². The first-order chi connectivity index (χ1) is 5.44. The van der Waals surface area contributed by atoms with Crippen LogP contribution in [0.4, 0.5) is 30.7 Å². The van der Waals surface area contributed by atoms with Crippen molar-refractivity contribution in [3.63, 3.8) is 0 Å². The summed E-state index contributed by atoms with van der Waals surface area (Å²) in [5.74, 6) is -6.59. The van der Waals surface area contributed by atoms with E-state index in [4.69, 9.17) is 0 Å². The minimum atomic E-state index is -6.61. The molecule has 0 fully saturated rings. The fourth-order valence-corrected chi connectivity index (χ4v) is 0.595. The summed E-state index contributed by atoms with van der Waals surface area (Å²) in [6, 6.07) is 0. The van der Waals surface area contributed by atoms with Crippen LogP contribution in [0.2, 0.25) is 0 Å². The van der Waals surface area contributed by atoms with Crippen LogP contribution in [0.1, 0.15) is 0 Å². The first-order valence-electron chi connectivity index (χ1n) is 2.36. The van der Waals surface area contributed by atoms with Gasteiger partial charge in [-0.05, 0) is 0 Å². The van der Waals surface area contributed by atoms with Gasteiger partial charge in [-0.2, -0.15) is 30.7 Å². The van der Waals surface area contributed by atoms with Crippen LogP contribution in [0.15, 0.2) is 0 Å². The normalized spacial score (nSPS) is 16.0. The summed E-state index contributed by atoms with van der Waals surface area (Å²) in [5.41, 5.74) is 0. The van der Waals surface area contributed by atoms with Gasteiger partial charge in [0.1, 0.15) is 0 Å².